The SMILES string of the molecule is COCC(=O)N1Cc2ccnn2[C@@H](CC(=O)NCc2cccs2)C1. The molecule has 8 heteroatoms. The van der Waals surface area contributed by atoms with E-state index in [1.165, 1.54) is 7.11 Å². The Morgan fingerprint density at radius 1 is 1.46 bits per heavy atom. The van der Waals surface area contributed by atoms with E-state index >= 15 is 0 Å². The topological polar surface area (TPSA) is 76.5 Å². The van der Waals surface area contributed by atoms with Gasteiger partial charge in [0, 0.05) is 24.7 Å². The van der Waals surface area contributed by atoms with Crippen molar-refractivity contribution in [3.8, 4) is 0 Å². The van der Waals surface area contributed by atoms with Gasteiger partial charge in [-0.3, -0.25) is 14.3 Å². The number of thiophene rings is 1. The maximum atomic E-state index is 12.3. The molecule has 0 aliphatic carbocycles. The van der Waals surface area contributed by atoms with Crippen LogP contribution in [-0.2, 0) is 27.4 Å². The van der Waals surface area contributed by atoms with Gasteiger partial charge in [0.25, 0.3) is 0 Å². The number of methoxy groups -OCH3 is 1. The first-order valence-electron chi connectivity index (χ1n) is 7.75. The van der Waals surface area contributed by atoms with E-state index in [9.17, 15) is 9.59 Å². The van der Waals surface area contributed by atoms with Crippen LogP contribution in [0.2, 0.25) is 0 Å². The minimum Gasteiger partial charge on any atom is -0.375 e. The number of fused-ring (bicyclic) bond motifs is 1. The maximum absolute atomic E-state index is 12.3. The molecule has 0 saturated heterocycles. The van der Waals surface area contributed by atoms with Crippen LogP contribution in [0.25, 0.3) is 0 Å². The summed E-state index contributed by atoms with van der Waals surface area (Å²) in [5.74, 6) is -0.121. The van der Waals surface area contributed by atoms with Gasteiger partial charge in [-0.25, -0.2) is 0 Å². The highest BCUT2D eigenvalue weighted by molar-refractivity contribution is 7.09. The Morgan fingerprint density at radius 2 is 2.33 bits per heavy atom. The highest BCUT2D eigenvalue weighted by Gasteiger charge is 2.29. The van der Waals surface area contributed by atoms with Crippen LogP contribution in [0.4, 0.5) is 0 Å². The Kier molecular flexibility index (Phi) is 5.27. The number of amides is 2. The number of carbonyl (C=O) groups excluding carboxylic acids is 2. The summed E-state index contributed by atoms with van der Waals surface area (Å²) in [5, 5.41) is 9.22. The summed E-state index contributed by atoms with van der Waals surface area (Å²) in [6, 6.07) is 5.67. The molecule has 0 radical (unpaired) electrons. The third-order valence-electron chi connectivity index (χ3n) is 3.96. The second-order valence-corrected chi connectivity index (χ2v) is 6.72. The van der Waals surface area contributed by atoms with Gasteiger partial charge in [0.1, 0.15) is 6.61 Å². The number of carbonyl (C=O) groups is 2. The number of ether oxygens (including phenoxy) is 1. The zero-order chi connectivity index (χ0) is 16.9. The first kappa shape index (κ1) is 16.7. The molecule has 0 unspecified atom stereocenters. The summed E-state index contributed by atoms with van der Waals surface area (Å²) in [6.07, 6.45) is 1.99. The minimum absolute atomic E-state index is 0.0455. The second kappa shape index (κ2) is 7.59. The molecule has 3 rings (SSSR count). The first-order chi connectivity index (χ1) is 11.7. The molecule has 0 aromatic carbocycles. The molecule has 7 nitrogen and oxygen atoms in total. The van der Waals surface area contributed by atoms with Gasteiger partial charge < -0.3 is 15.0 Å². The second-order valence-electron chi connectivity index (χ2n) is 5.69. The van der Waals surface area contributed by atoms with Crippen LogP contribution in [0.15, 0.2) is 29.8 Å². The molecule has 2 aromatic rings. The molecule has 0 spiro atoms. The van der Waals surface area contributed by atoms with Gasteiger partial charge in [0.15, 0.2) is 0 Å². The van der Waals surface area contributed by atoms with Gasteiger partial charge in [0.2, 0.25) is 11.8 Å². The van der Waals surface area contributed by atoms with Crippen LogP contribution in [0, 0.1) is 0 Å². The lowest BCUT2D eigenvalue weighted by atomic mass is 10.1. The van der Waals surface area contributed by atoms with E-state index in [0.717, 1.165) is 10.6 Å². The Labute approximate surface area is 144 Å². The zero-order valence-corrected chi connectivity index (χ0v) is 14.3. The van der Waals surface area contributed by atoms with E-state index in [-0.39, 0.29) is 30.9 Å². The van der Waals surface area contributed by atoms with Crippen LogP contribution >= 0.6 is 11.3 Å². The molecule has 0 saturated carbocycles. The lowest BCUT2D eigenvalue weighted by molar-refractivity contribution is -0.138. The van der Waals surface area contributed by atoms with E-state index in [1.807, 2.05) is 28.3 Å². The first-order valence-corrected chi connectivity index (χ1v) is 8.63. The normalized spacial score (nSPS) is 16.7. The molecule has 3 heterocycles. The molecule has 2 amide bonds. The summed E-state index contributed by atoms with van der Waals surface area (Å²) in [6.45, 7) is 1.53. The van der Waals surface area contributed by atoms with Crippen LogP contribution < -0.4 is 5.32 Å². The van der Waals surface area contributed by atoms with E-state index < -0.39 is 0 Å². The van der Waals surface area contributed by atoms with Crippen molar-refractivity contribution >= 4 is 23.2 Å². The molecule has 1 aliphatic rings. The Morgan fingerprint density at radius 3 is 3.08 bits per heavy atom. The van der Waals surface area contributed by atoms with Crippen molar-refractivity contribution in [3.05, 3.63) is 40.3 Å². The van der Waals surface area contributed by atoms with Gasteiger partial charge in [-0.15, -0.1) is 11.3 Å². The van der Waals surface area contributed by atoms with Crippen molar-refractivity contribution in [2.75, 3.05) is 20.3 Å². The third kappa shape index (κ3) is 3.82. The maximum Gasteiger partial charge on any atom is 0.248 e. The quantitative estimate of drug-likeness (QED) is 0.850. The fraction of sp³-hybridized carbons (Fsp3) is 0.438. The molecule has 0 bridgehead atoms. The summed E-state index contributed by atoms with van der Waals surface area (Å²) < 4.78 is 6.78. The number of rotatable bonds is 6. The minimum atomic E-state index is -0.159. The van der Waals surface area contributed by atoms with Crippen molar-refractivity contribution in [2.24, 2.45) is 0 Å². The number of hydrogen-bond donors (Lipinski definition) is 1. The van der Waals surface area contributed by atoms with Crippen molar-refractivity contribution in [3.63, 3.8) is 0 Å². The van der Waals surface area contributed by atoms with Crippen LogP contribution in [-0.4, -0.2) is 46.8 Å². The van der Waals surface area contributed by atoms with Gasteiger partial charge in [0.05, 0.1) is 31.2 Å². The number of nitrogens with one attached hydrogen (secondary N) is 1. The van der Waals surface area contributed by atoms with Gasteiger partial charge in [-0.1, -0.05) is 6.07 Å². The molecule has 128 valence electrons. The summed E-state index contributed by atoms with van der Waals surface area (Å²) in [7, 11) is 1.50. The largest absolute Gasteiger partial charge is 0.375 e. The number of aromatic nitrogens is 2. The smallest absolute Gasteiger partial charge is 0.248 e. The van der Waals surface area contributed by atoms with Crippen molar-refractivity contribution in [1.29, 1.82) is 0 Å². The van der Waals surface area contributed by atoms with E-state index in [0.29, 0.717) is 19.6 Å². The fourth-order valence-electron chi connectivity index (χ4n) is 2.83. The Balaban J connectivity index is 1.63. The lowest BCUT2D eigenvalue weighted by Gasteiger charge is -2.33. The van der Waals surface area contributed by atoms with Crippen molar-refractivity contribution < 1.29 is 14.3 Å². The number of hydrogen-bond acceptors (Lipinski definition) is 5. The lowest BCUT2D eigenvalue weighted by Crippen LogP contribution is -2.44. The Bertz CT molecular complexity index is 698. The monoisotopic (exact) mass is 348 g/mol. The Hall–Kier alpha value is -2.19. The molecule has 0 fully saturated rings. The van der Waals surface area contributed by atoms with Crippen LogP contribution in [0.5, 0.6) is 0 Å². The zero-order valence-electron chi connectivity index (χ0n) is 13.5. The molecule has 24 heavy (non-hydrogen) atoms. The summed E-state index contributed by atoms with van der Waals surface area (Å²) in [5.41, 5.74) is 0.932. The van der Waals surface area contributed by atoms with Gasteiger partial charge >= 0.3 is 0 Å². The predicted octanol–water partition coefficient (Wildman–Crippen LogP) is 1.18. The predicted molar refractivity (Wildman–Crippen MR) is 89.3 cm³/mol. The van der Waals surface area contributed by atoms with E-state index in [2.05, 4.69) is 10.4 Å². The van der Waals surface area contributed by atoms with Crippen LogP contribution in [0.1, 0.15) is 23.0 Å². The van der Waals surface area contributed by atoms with Crippen molar-refractivity contribution in [1.82, 2.24) is 20.0 Å². The highest BCUT2D eigenvalue weighted by Crippen LogP contribution is 2.23. The molecule has 1 aliphatic heterocycles. The van der Waals surface area contributed by atoms with E-state index in [4.69, 9.17) is 4.74 Å². The molecule has 2 aromatic heterocycles. The molecular formula is C16H20N4O3S. The fourth-order valence-corrected chi connectivity index (χ4v) is 3.47. The third-order valence-corrected chi connectivity index (χ3v) is 4.84. The van der Waals surface area contributed by atoms with Gasteiger partial charge in [-0.05, 0) is 17.5 Å². The summed E-state index contributed by atoms with van der Waals surface area (Å²) >= 11 is 1.61. The van der Waals surface area contributed by atoms with Gasteiger partial charge in [-0.2, -0.15) is 5.10 Å². The summed E-state index contributed by atoms with van der Waals surface area (Å²) in [4.78, 5) is 27.2. The van der Waals surface area contributed by atoms with E-state index in [1.54, 1.807) is 22.4 Å². The molecule has 1 atom stereocenters. The highest BCUT2D eigenvalue weighted by atomic mass is 32.1. The van der Waals surface area contributed by atoms with Crippen LogP contribution in [0.3, 0.4) is 0 Å². The average Bonchev–Trinajstić information content (AvgIpc) is 3.24. The number of nitrogens with zero attached hydrogens (tertiary/aromatic N) is 3. The average molecular weight is 348 g/mol. The molecular weight excluding hydrogens is 328 g/mol. The molecule has 1 N–H and O–H groups in total. The standard InChI is InChI=1S/C16H20N4O3S/c1-23-11-16(22)19-9-12-4-5-18-20(12)13(10-19)7-15(21)17-8-14-3-2-6-24-14/h2-6,13H,7-11H2,1H3,(H,17,21)/t13-/m0/s1. The van der Waals surface area contributed by atoms with Crippen molar-refractivity contribution in [2.45, 2.75) is 25.6 Å².